The van der Waals surface area contributed by atoms with Gasteiger partial charge in [-0.2, -0.15) is 0 Å². The van der Waals surface area contributed by atoms with Crippen LogP contribution < -0.4 is 15.0 Å². The lowest BCUT2D eigenvalue weighted by Crippen LogP contribution is -2.36. The molecule has 1 aliphatic heterocycles. The first-order valence-electron chi connectivity index (χ1n) is 9.77. The molecule has 1 aromatic heterocycles. The minimum atomic E-state index is -0.0944. The van der Waals surface area contributed by atoms with E-state index in [1.54, 1.807) is 19.4 Å². The molecule has 0 radical (unpaired) electrons. The first-order valence-corrected chi connectivity index (χ1v) is 9.77. The number of aromatic nitrogens is 2. The van der Waals surface area contributed by atoms with Crippen molar-refractivity contribution in [2.45, 2.75) is 25.8 Å². The number of nitrogens with zero attached hydrogens (tertiary/aromatic N) is 3. The van der Waals surface area contributed by atoms with E-state index in [0.717, 1.165) is 24.3 Å². The molecular weight excluding hydrogens is 364 g/mol. The number of ether oxygens (including phenoxy) is 1. The van der Waals surface area contributed by atoms with Crippen molar-refractivity contribution in [1.82, 2.24) is 9.97 Å². The molecule has 1 aliphatic rings. The molecule has 2 heterocycles. The van der Waals surface area contributed by atoms with Crippen LogP contribution in [0.1, 0.15) is 28.5 Å². The number of carbonyl (C=O) groups is 1. The Morgan fingerprint density at radius 2 is 1.97 bits per heavy atom. The predicted molar refractivity (Wildman–Crippen MR) is 114 cm³/mol. The van der Waals surface area contributed by atoms with Crippen molar-refractivity contribution in [3.63, 3.8) is 0 Å². The fraction of sp³-hybridized carbons (Fsp3) is 0.261. The molecule has 3 aromatic rings. The van der Waals surface area contributed by atoms with Crippen molar-refractivity contribution in [1.29, 1.82) is 0 Å². The monoisotopic (exact) mass is 388 g/mol. The molecule has 0 spiro atoms. The van der Waals surface area contributed by atoms with Crippen LogP contribution in [-0.2, 0) is 12.8 Å². The highest BCUT2D eigenvalue weighted by atomic mass is 16.5. The quantitative estimate of drug-likeness (QED) is 0.697. The van der Waals surface area contributed by atoms with Gasteiger partial charge in [-0.05, 0) is 55.2 Å². The second-order valence-electron chi connectivity index (χ2n) is 7.15. The molecule has 0 aliphatic carbocycles. The maximum atomic E-state index is 13.1. The van der Waals surface area contributed by atoms with E-state index in [1.165, 1.54) is 11.1 Å². The van der Waals surface area contributed by atoms with Crippen molar-refractivity contribution in [3.8, 4) is 5.75 Å². The molecule has 1 unspecified atom stereocenters. The summed E-state index contributed by atoms with van der Waals surface area (Å²) in [6, 6.07) is 17.8. The first-order chi connectivity index (χ1) is 14.2. The van der Waals surface area contributed by atoms with Gasteiger partial charge in [0.1, 0.15) is 11.4 Å². The standard InChI is InChI=1S/C23H24N4O2/c1-16-15-18-5-3-4-6-21(18)27(16)22(28)20-12-14-25-23(26-20)24-13-11-17-7-9-19(29-2)10-8-17/h3-10,12,14,16H,11,13,15H2,1-2H3,(H,24,25,26). The number of benzene rings is 2. The third-order valence-corrected chi connectivity index (χ3v) is 5.16. The number of para-hydroxylation sites is 1. The van der Waals surface area contributed by atoms with E-state index in [9.17, 15) is 4.79 Å². The van der Waals surface area contributed by atoms with E-state index in [1.807, 2.05) is 47.4 Å². The van der Waals surface area contributed by atoms with Gasteiger partial charge in [0.2, 0.25) is 5.95 Å². The third kappa shape index (κ3) is 4.06. The Kier molecular flexibility index (Phi) is 5.42. The Hall–Kier alpha value is -3.41. The minimum absolute atomic E-state index is 0.0944. The van der Waals surface area contributed by atoms with Crippen LogP contribution in [0.3, 0.4) is 0 Å². The zero-order chi connectivity index (χ0) is 20.2. The van der Waals surface area contributed by atoms with Crippen LogP contribution in [-0.4, -0.2) is 35.6 Å². The minimum Gasteiger partial charge on any atom is -0.497 e. The maximum absolute atomic E-state index is 13.1. The second kappa shape index (κ2) is 8.31. The Morgan fingerprint density at radius 3 is 2.76 bits per heavy atom. The van der Waals surface area contributed by atoms with Gasteiger partial charge in [-0.3, -0.25) is 4.79 Å². The summed E-state index contributed by atoms with van der Waals surface area (Å²) in [7, 11) is 1.66. The zero-order valence-electron chi connectivity index (χ0n) is 16.6. The molecule has 0 fully saturated rings. The molecular formula is C23H24N4O2. The highest BCUT2D eigenvalue weighted by Crippen LogP contribution is 2.32. The number of anilines is 2. The number of amides is 1. The molecule has 2 aromatic carbocycles. The van der Waals surface area contributed by atoms with Gasteiger partial charge in [0.15, 0.2) is 0 Å². The van der Waals surface area contributed by atoms with Crippen molar-refractivity contribution in [3.05, 3.63) is 77.6 Å². The number of hydrogen-bond acceptors (Lipinski definition) is 5. The molecule has 4 rings (SSSR count). The molecule has 1 amide bonds. The van der Waals surface area contributed by atoms with Crippen molar-refractivity contribution in [2.24, 2.45) is 0 Å². The van der Waals surface area contributed by atoms with E-state index in [0.29, 0.717) is 18.2 Å². The van der Waals surface area contributed by atoms with Gasteiger partial charge >= 0.3 is 0 Å². The highest BCUT2D eigenvalue weighted by molar-refractivity contribution is 6.06. The molecule has 6 nitrogen and oxygen atoms in total. The average molecular weight is 388 g/mol. The number of carbonyl (C=O) groups excluding carboxylic acids is 1. The fourth-order valence-corrected chi connectivity index (χ4v) is 3.67. The summed E-state index contributed by atoms with van der Waals surface area (Å²) >= 11 is 0. The van der Waals surface area contributed by atoms with E-state index in [4.69, 9.17) is 4.74 Å². The third-order valence-electron chi connectivity index (χ3n) is 5.16. The summed E-state index contributed by atoms with van der Waals surface area (Å²) in [6.45, 7) is 2.74. The fourth-order valence-electron chi connectivity index (χ4n) is 3.67. The highest BCUT2D eigenvalue weighted by Gasteiger charge is 2.31. The Balaban J connectivity index is 1.42. The van der Waals surface area contributed by atoms with Crippen molar-refractivity contribution in [2.75, 3.05) is 23.9 Å². The Morgan fingerprint density at radius 1 is 1.17 bits per heavy atom. The molecule has 1 atom stereocenters. The van der Waals surface area contributed by atoms with Crippen molar-refractivity contribution < 1.29 is 9.53 Å². The summed E-state index contributed by atoms with van der Waals surface area (Å²) in [5, 5.41) is 3.21. The Bertz CT molecular complexity index is 1000. The normalized spacial score (nSPS) is 15.1. The molecule has 0 saturated heterocycles. The van der Waals surface area contributed by atoms with Gasteiger partial charge < -0.3 is 15.0 Å². The lowest BCUT2D eigenvalue weighted by molar-refractivity contribution is 0.0976. The summed E-state index contributed by atoms with van der Waals surface area (Å²) in [6.07, 6.45) is 3.31. The number of fused-ring (bicyclic) bond motifs is 1. The second-order valence-corrected chi connectivity index (χ2v) is 7.15. The van der Waals surface area contributed by atoms with Crippen LogP contribution in [0.15, 0.2) is 60.8 Å². The van der Waals surface area contributed by atoms with Crippen LogP contribution in [0, 0.1) is 0 Å². The summed E-state index contributed by atoms with van der Waals surface area (Å²) < 4.78 is 5.18. The van der Waals surface area contributed by atoms with Gasteiger partial charge in [-0.25, -0.2) is 9.97 Å². The van der Waals surface area contributed by atoms with E-state index in [-0.39, 0.29) is 11.9 Å². The first kappa shape index (κ1) is 18.9. The van der Waals surface area contributed by atoms with Crippen LogP contribution in [0.4, 0.5) is 11.6 Å². The topological polar surface area (TPSA) is 67.3 Å². The van der Waals surface area contributed by atoms with Crippen molar-refractivity contribution >= 4 is 17.5 Å². The smallest absolute Gasteiger partial charge is 0.277 e. The van der Waals surface area contributed by atoms with Gasteiger partial charge in [0.05, 0.1) is 7.11 Å². The van der Waals surface area contributed by atoms with E-state index < -0.39 is 0 Å². The van der Waals surface area contributed by atoms with Gasteiger partial charge in [-0.15, -0.1) is 0 Å². The SMILES string of the molecule is COc1ccc(CCNc2nccc(C(=O)N3c4ccccc4CC3C)n2)cc1. The largest absolute Gasteiger partial charge is 0.497 e. The number of hydrogen-bond donors (Lipinski definition) is 1. The van der Waals surface area contributed by atoms with Crippen LogP contribution >= 0.6 is 0 Å². The summed E-state index contributed by atoms with van der Waals surface area (Å²) in [4.78, 5) is 23.7. The molecule has 148 valence electrons. The maximum Gasteiger partial charge on any atom is 0.277 e. The average Bonchev–Trinajstić information content (AvgIpc) is 3.09. The zero-order valence-corrected chi connectivity index (χ0v) is 16.6. The number of nitrogens with one attached hydrogen (secondary N) is 1. The van der Waals surface area contributed by atoms with Gasteiger partial charge in [0, 0.05) is 24.5 Å². The lowest BCUT2D eigenvalue weighted by Gasteiger charge is -2.22. The van der Waals surface area contributed by atoms with Gasteiger partial charge in [-0.1, -0.05) is 30.3 Å². The van der Waals surface area contributed by atoms with E-state index in [2.05, 4.69) is 28.3 Å². The molecule has 1 N–H and O–H groups in total. The Labute approximate surface area is 170 Å². The van der Waals surface area contributed by atoms with E-state index >= 15 is 0 Å². The molecule has 0 bridgehead atoms. The predicted octanol–water partition coefficient (Wildman–Crippen LogP) is 3.73. The number of rotatable bonds is 6. The summed E-state index contributed by atoms with van der Waals surface area (Å²) in [5.41, 5.74) is 3.75. The van der Waals surface area contributed by atoms with Crippen LogP contribution in [0.5, 0.6) is 5.75 Å². The molecule has 29 heavy (non-hydrogen) atoms. The van der Waals surface area contributed by atoms with Crippen LogP contribution in [0.2, 0.25) is 0 Å². The summed E-state index contributed by atoms with van der Waals surface area (Å²) in [5.74, 6) is 1.21. The van der Waals surface area contributed by atoms with Gasteiger partial charge in [0.25, 0.3) is 5.91 Å². The molecule has 6 heteroatoms. The van der Waals surface area contributed by atoms with Crippen LogP contribution in [0.25, 0.3) is 0 Å². The molecule has 0 saturated carbocycles. The lowest BCUT2D eigenvalue weighted by atomic mass is 10.1. The number of methoxy groups -OCH3 is 1.